The van der Waals surface area contributed by atoms with Gasteiger partial charge in [-0.2, -0.15) is 4.91 Å². The third-order valence-corrected chi connectivity index (χ3v) is 2.45. The largest absolute Gasteiger partial charge is 0.353 e. The summed E-state index contributed by atoms with van der Waals surface area (Å²) in [6.07, 6.45) is 0. The summed E-state index contributed by atoms with van der Waals surface area (Å²) in [7, 11) is 0. The first-order valence-corrected chi connectivity index (χ1v) is 5.01. The molecule has 78 valence electrons. The normalized spacial score (nSPS) is 15.2. The van der Waals surface area contributed by atoms with Gasteiger partial charge in [0.05, 0.1) is 6.54 Å². The minimum absolute atomic E-state index is 0.187. The Balaban J connectivity index is 2.01. The van der Waals surface area contributed by atoms with Crippen LogP contribution in [0.4, 0.5) is 0 Å². The first-order valence-electron chi connectivity index (χ1n) is 5.01. The summed E-state index contributed by atoms with van der Waals surface area (Å²) in [5, 5.41) is 2.89. The maximum absolute atomic E-state index is 10.2. The number of rotatable bonds is 4. The lowest BCUT2D eigenvalue weighted by Gasteiger charge is -2.18. The Kier molecular flexibility index (Phi) is 3.07. The van der Waals surface area contributed by atoms with Gasteiger partial charge in [0.15, 0.2) is 0 Å². The van der Waals surface area contributed by atoms with E-state index in [1.165, 1.54) is 5.56 Å². The highest BCUT2D eigenvalue weighted by Crippen LogP contribution is 2.09. The molecule has 15 heavy (non-hydrogen) atoms. The Labute approximate surface area is 88.6 Å². The van der Waals surface area contributed by atoms with Gasteiger partial charge in [-0.3, -0.25) is 4.99 Å². The second kappa shape index (κ2) is 4.68. The van der Waals surface area contributed by atoms with Crippen molar-refractivity contribution >= 4 is 5.84 Å². The molecular weight excluding hydrogens is 190 g/mol. The fraction of sp³-hybridized carbons (Fsp3) is 0.364. The van der Waals surface area contributed by atoms with Crippen molar-refractivity contribution in [1.29, 1.82) is 0 Å². The number of aliphatic imine (C=N–C) groups is 1. The maximum atomic E-state index is 10.2. The Morgan fingerprint density at radius 3 is 2.87 bits per heavy atom. The van der Waals surface area contributed by atoms with Crippen molar-refractivity contribution in [2.24, 2.45) is 10.2 Å². The van der Waals surface area contributed by atoms with Crippen molar-refractivity contribution in [1.82, 2.24) is 4.90 Å². The van der Waals surface area contributed by atoms with Crippen LogP contribution in [0.2, 0.25) is 0 Å². The molecule has 1 aromatic carbocycles. The van der Waals surface area contributed by atoms with Gasteiger partial charge in [0, 0.05) is 13.1 Å². The monoisotopic (exact) mass is 203 g/mol. The summed E-state index contributed by atoms with van der Waals surface area (Å²) in [6.45, 7) is 2.67. The van der Waals surface area contributed by atoms with Crippen molar-refractivity contribution in [2.45, 2.75) is 6.54 Å². The van der Waals surface area contributed by atoms with Crippen LogP contribution in [-0.2, 0) is 6.54 Å². The molecule has 0 radical (unpaired) electrons. The molecule has 1 aliphatic heterocycles. The number of hydrogen-bond acceptors (Lipinski definition) is 4. The lowest BCUT2D eigenvalue weighted by Crippen LogP contribution is -2.28. The average Bonchev–Trinajstić information content (AvgIpc) is 2.68. The lowest BCUT2D eigenvalue weighted by atomic mass is 10.2. The number of nitrogens with zero attached hydrogens (tertiary/aromatic N) is 3. The molecule has 0 aromatic heterocycles. The second-order valence-electron chi connectivity index (χ2n) is 3.49. The van der Waals surface area contributed by atoms with E-state index in [9.17, 15) is 4.91 Å². The van der Waals surface area contributed by atoms with E-state index < -0.39 is 0 Å². The average molecular weight is 203 g/mol. The van der Waals surface area contributed by atoms with Gasteiger partial charge >= 0.3 is 0 Å². The summed E-state index contributed by atoms with van der Waals surface area (Å²) in [5.41, 5.74) is 1.23. The Morgan fingerprint density at radius 2 is 2.13 bits per heavy atom. The third kappa shape index (κ3) is 2.40. The third-order valence-electron chi connectivity index (χ3n) is 2.45. The molecule has 2 rings (SSSR count). The smallest absolute Gasteiger partial charge is 0.138 e. The quantitative estimate of drug-likeness (QED) is 0.699. The topological polar surface area (TPSA) is 45.0 Å². The van der Waals surface area contributed by atoms with E-state index in [1.807, 2.05) is 18.2 Å². The van der Waals surface area contributed by atoms with Crippen molar-refractivity contribution in [2.75, 3.05) is 19.6 Å². The predicted octanol–water partition coefficient (Wildman–Crippen LogP) is 1.67. The fourth-order valence-corrected chi connectivity index (χ4v) is 1.71. The van der Waals surface area contributed by atoms with E-state index in [0.29, 0.717) is 0 Å². The molecule has 0 fully saturated rings. The number of amidine groups is 1. The van der Waals surface area contributed by atoms with Crippen molar-refractivity contribution in [3.8, 4) is 0 Å². The van der Waals surface area contributed by atoms with Gasteiger partial charge in [-0.15, -0.1) is 0 Å². The molecule has 0 N–H and O–H groups in total. The Bertz CT molecular complexity index is 361. The Morgan fingerprint density at radius 1 is 1.33 bits per heavy atom. The van der Waals surface area contributed by atoms with E-state index in [0.717, 1.165) is 25.5 Å². The number of hydrogen-bond donors (Lipinski definition) is 0. The van der Waals surface area contributed by atoms with Gasteiger partial charge < -0.3 is 4.90 Å². The molecule has 4 heteroatoms. The molecule has 0 aliphatic carbocycles. The van der Waals surface area contributed by atoms with Crippen LogP contribution in [0.25, 0.3) is 0 Å². The SMILES string of the molecule is O=NCC1=NCCN1Cc1ccccc1. The summed E-state index contributed by atoms with van der Waals surface area (Å²) < 4.78 is 0. The molecule has 0 saturated heterocycles. The first kappa shape index (κ1) is 9.83. The number of nitroso groups, excluding NO2 is 1. The van der Waals surface area contributed by atoms with Crippen LogP contribution < -0.4 is 0 Å². The van der Waals surface area contributed by atoms with Crippen LogP contribution in [0.1, 0.15) is 5.56 Å². The van der Waals surface area contributed by atoms with E-state index >= 15 is 0 Å². The zero-order valence-corrected chi connectivity index (χ0v) is 8.47. The molecule has 0 saturated carbocycles. The Hall–Kier alpha value is -1.71. The molecule has 4 nitrogen and oxygen atoms in total. The number of benzene rings is 1. The molecular formula is C11H13N3O. The van der Waals surface area contributed by atoms with Gasteiger partial charge in [0.25, 0.3) is 0 Å². The van der Waals surface area contributed by atoms with E-state index in [-0.39, 0.29) is 6.54 Å². The summed E-state index contributed by atoms with van der Waals surface area (Å²) in [5.74, 6) is 0.814. The minimum atomic E-state index is 0.187. The maximum Gasteiger partial charge on any atom is 0.138 e. The second-order valence-corrected chi connectivity index (χ2v) is 3.49. The van der Waals surface area contributed by atoms with E-state index in [1.54, 1.807) is 0 Å². The highest BCUT2D eigenvalue weighted by atomic mass is 16.3. The molecule has 0 amide bonds. The fourth-order valence-electron chi connectivity index (χ4n) is 1.71. The molecule has 0 atom stereocenters. The van der Waals surface area contributed by atoms with Gasteiger partial charge in [-0.1, -0.05) is 35.5 Å². The predicted molar refractivity (Wildman–Crippen MR) is 59.8 cm³/mol. The molecule has 1 heterocycles. The highest BCUT2D eigenvalue weighted by Gasteiger charge is 2.16. The molecule has 1 aromatic rings. The van der Waals surface area contributed by atoms with Crippen molar-refractivity contribution in [3.05, 3.63) is 40.8 Å². The zero-order chi connectivity index (χ0) is 10.5. The van der Waals surface area contributed by atoms with Crippen LogP contribution in [0.3, 0.4) is 0 Å². The highest BCUT2D eigenvalue weighted by molar-refractivity contribution is 5.85. The van der Waals surface area contributed by atoms with Gasteiger partial charge in [0.2, 0.25) is 0 Å². The molecule has 0 unspecified atom stereocenters. The van der Waals surface area contributed by atoms with E-state index in [4.69, 9.17) is 0 Å². The standard InChI is InChI=1S/C11H13N3O/c15-13-8-11-12-6-7-14(11)9-10-4-2-1-3-5-10/h1-5H,6-9H2. The summed E-state index contributed by atoms with van der Waals surface area (Å²) >= 11 is 0. The molecule has 0 spiro atoms. The van der Waals surface area contributed by atoms with Crippen LogP contribution >= 0.6 is 0 Å². The van der Waals surface area contributed by atoms with Crippen LogP contribution in [-0.4, -0.2) is 30.4 Å². The summed E-state index contributed by atoms with van der Waals surface area (Å²) in [4.78, 5) is 16.6. The van der Waals surface area contributed by atoms with Crippen molar-refractivity contribution < 1.29 is 0 Å². The van der Waals surface area contributed by atoms with Crippen LogP contribution in [0, 0.1) is 4.91 Å². The first-order chi connectivity index (χ1) is 7.40. The summed E-state index contributed by atoms with van der Waals surface area (Å²) in [6, 6.07) is 10.2. The van der Waals surface area contributed by atoms with Gasteiger partial charge in [-0.25, -0.2) is 0 Å². The molecule has 0 bridgehead atoms. The van der Waals surface area contributed by atoms with Crippen molar-refractivity contribution in [3.63, 3.8) is 0 Å². The van der Waals surface area contributed by atoms with Crippen LogP contribution in [0.5, 0.6) is 0 Å². The van der Waals surface area contributed by atoms with E-state index in [2.05, 4.69) is 27.2 Å². The zero-order valence-electron chi connectivity index (χ0n) is 8.47. The molecule has 1 aliphatic rings. The van der Waals surface area contributed by atoms with Gasteiger partial charge in [-0.05, 0) is 5.56 Å². The van der Waals surface area contributed by atoms with Gasteiger partial charge in [0.1, 0.15) is 12.4 Å². The lowest BCUT2D eigenvalue weighted by molar-refractivity contribution is 0.447. The van der Waals surface area contributed by atoms with Crippen LogP contribution in [0.15, 0.2) is 40.5 Å². The minimum Gasteiger partial charge on any atom is -0.353 e.